The van der Waals surface area contributed by atoms with E-state index in [0.717, 1.165) is 18.4 Å². The molecule has 1 aliphatic carbocycles. The van der Waals surface area contributed by atoms with Crippen LogP contribution in [0.5, 0.6) is 5.75 Å². The molecule has 0 saturated carbocycles. The number of hydrogen-bond acceptors (Lipinski definition) is 9. The Morgan fingerprint density at radius 1 is 0.519 bits per heavy atom. The first-order valence-electron chi connectivity index (χ1n) is 15.9. The maximum absolute atomic E-state index is 13.9. The van der Waals surface area contributed by atoms with Gasteiger partial charge in [-0.1, -0.05) is 85.8 Å². The third-order valence-corrected chi connectivity index (χ3v) is 13.2. The lowest BCUT2D eigenvalue weighted by Crippen LogP contribution is -2.41. The summed E-state index contributed by atoms with van der Waals surface area (Å²) in [6, 6.07) is 29.5. The van der Waals surface area contributed by atoms with Gasteiger partial charge in [-0.3, -0.25) is 13.7 Å². The van der Waals surface area contributed by atoms with E-state index in [4.69, 9.17) is 0 Å². The molecular formula is C38H32O12S4. The first-order valence-corrected chi connectivity index (χ1v) is 22.1. The van der Waals surface area contributed by atoms with Crippen molar-refractivity contribution in [2.75, 3.05) is 6.26 Å². The molecule has 2 unspecified atom stereocenters. The van der Waals surface area contributed by atoms with E-state index in [1.807, 2.05) is 0 Å². The third-order valence-electron chi connectivity index (χ3n) is 9.46. The number of aromatic hydroxyl groups is 1. The topological polar surface area (TPSA) is 217 Å². The van der Waals surface area contributed by atoms with Crippen molar-refractivity contribution >= 4 is 56.9 Å². The molecule has 0 aromatic heterocycles. The van der Waals surface area contributed by atoms with E-state index in [1.54, 1.807) is 43.3 Å². The summed E-state index contributed by atoms with van der Waals surface area (Å²) in [7, 11) is -18.5. The average Bonchev–Trinajstić information content (AvgIpc) is 3.10. The quantitative estimate of drug-likeness (QED) is 0.124. The molecule has 5 aromatic carbocycles. The molecule has 0 heterocycles. The molecule has 0 saturated heterocycles. The lowest BCUT2D eigenvalue weighted by molar-refractivity contribution is 0.474. The van der Waals surface area contributed by atoms with Crippen molar-refractivity contribution in [3.8, 4) is 5.75 Å². The molecule has 12 nitrogen and oxygen atoms in total. The maximum Gasteiger partial charge on any atom is 0.295 e. The van der Waals surface area contributed by atoms with E-state index in [9.17, 15) is 52.4 Å². The van der Waals surface area contributed by atoms with E-state index >= 15 is 0 Å². The van der Waals surface area contributed by atoms with Crippen molar-refractivity contribution < 1.29 is 52.4 Å². The van der Waals surface area contributed by atoms with Gasteiger partial charge in [0, 0.05) is 17.7 Å². The minimum atomic E-state index is -5.27. The Morgan fingerprint density at radius 3 is 1.54 bits per heavy atom. The summed E-state index contributed by atoms with van der Waals surface area (Å²) in [5, 5.41) is 10.4. The summed E-state index contributed by atoms with van der Waals surface area (Å²) in [6.45, 7) is 1.63. The van der Waals surface area contributed by atoms with Gasteiger partial charge in [-0.25, -0.2) is 8.42 Å². The fraction of sp³-hybridized carbons (Fsp3) is 0.105. The molecule has 54 heavy (non-hydrogen) atoms. The number of phenols is 1. The molecule has 280 valence electrons. The largest absolute Gasteiger partial charge is 0.508 e. The number of sulfone groups is 1. The van der Waals surface area contributed by atoms with Crippen LogP contribution in [0.25, 0.3) is 16.7 Å². The van der Waals surface area contributed by atoms with Gasteiger partial charge >= 0.3 is 0 Å². The van der Waals surface area contributed by atoms with Crippen LogP contribution in [0.3, 0.4) is 0 Å². The van der Waals surface area contributed by atoms with Crippen LogP contribution in [0.15, 0.2) is 147 Å². The van der Waals surface area contributed by atoms with Crippen LogP contribution in [0.4, 0.5) is 0 Å². The highest BCUT2D eigenvalue weighted by atomic mass is 32.2. The highest BCUT2D eigenvalue weighted by molar-refractivity contribution is 7.91. The van der Waals surface area contributed by atoms with Gasteiger partial charge in [-0.2, -0.15) is 25.3 Å². The number of allylic oxidation sites excluding steroid dienone is 3. The van der Waals surface area contributed by atoms with Crippen LogP contribution in [-0.4, -0.2) is 58.7 Å². The average molecular weight is 809 g/mol. The lowest BCUT2D eigenvalue weighted by atomic mass is 9.54. The molecule has 0 bridgehead atoms. The Balaban J connectivity index is 1.94. The van der Waals surface area contributed by atoms with E-state index in [0.29, 0.717) is 11.1 Å². The summed E-state index contributed by atoms with van der Waals surface area (Å²) in [6.07, 6.45) is 0.992. The summed E-state index contributed by atoms with van der Waals surface area (Å²) in [5.41, 5.74) is -0.495. The van der Waals surface area contributed by atoms with Crippen LogP contribution in [0, 0.1) is 5.92 Å². The van der Waals surface area contributed by atoms with Crippen molar-refractivity contribution in [2.24, 2.45) is 5.92 Å². The van der Waals surface area contributed by atoms with Crippen molar-refractivity contribution in [3.63, 3.8) is 0 Å². The highest BCUT2D eigenvalue weighted by Crippen LogP contribution is 2.62. The van der Waals surface area contributed by atoms with Crippen LogP contribution in [0.2, 0.25) is 0 Å². The molecule has 16 heteroatoms. The number of hydrogen-bond donors (Lipinski definition) is 4. The van der Waals surface area contributed by atoms with Gasteiger partial charge in [0.05, 0.1) is 20.1 Å². The Labute approximate surface area is 312 Å². The second-order valence-electron chi connectivity index (χ2n) is 12.7. The zero-order valence-corrected chi connectivity index (χ0v) is 31.7. The van der Waals surface area contributed by atoms with Gasteiger partial charge < -0.3 is 5.11 Å². The second-order valence-corrected chi connectivity index (χ2v) is 18.9. The fourth-order valence-electron chi connectivity index (χ4n) is 7.23. The van der Waals surface area contributed by atoms with Crippen LogP contribution in [0.1, 0.15) is 34.7 Å². The van der Waals surface area contributed by atoms with Crippen molar-refractivity contribution in [2.45, 2.75) is 27.0 Å². The second kappa shape index (κ2) is 13.7. The number of phenolic OH excluding ortho intramolecular Hbond substituents is 1. The Hall–Kier alpha value is -4.94. The summed E-state index contributed by atoms with van der Waals surface area (Å²) < 4.78 is 133. The highest BCUT2D eigenvalue weighted by Gasteiger charge is 2.52. The van der Waals surface area contributed by atoms with Gasteiger partial charge in [0.25, 0.3) is 30.4 Å². The summed E-state index contributed by atoms with van der Waals surface area (Å²) in [5.74, 6) is -1.25. The SMILES string of the molecule is CC1C(c2ccc(S(=O)(=O)O)cc2)=C(S(=O)(=O)O)C(c2ccc(S(C)(=O)=O)cc2)=C(c2ccc(O)cc2)C1(c1ccccc1)c1cccc(S(=O)(=O)O)c1. The van der Waals surface area contributed by atoms with Gasteiger partial charge in [0.2, 0.25) is 0 Å². The molecule has 6 rings (SSSR count). The van der Waals surface area contributed by atoms with Crippen molar-refractivity contribution in [1.82, 2.24) is 0 Å². The Morgan fingerprint density at radius 2 is 1.02 bits per heavy atom. The van der Waals surface area contributed by atoms with E-state index in [2.05, 4.69) is 0 Å². The molecule has 4 N–H and O–H groups in total. The van der Waals surface area contributed by atoms with E-state index in [1.165, 1.54) is 78.9 Å². The molecule has 0 amide bonds. The van der Waals surface area contributed by atoms with Crippen molar-refractivity contribution in [1.29, 1.82) is 0 Å². The number of benzene rings is 5. The first kappa shape index (κ1) is 38.8. The first-order chi connectivity index (χ1) is 25.1. The van der Waals surface area contributed by atoms with E-state index < -0.39 is 66.2 Å². The predicted molar refractivity (Wildman–Crippen MR) is 202 cm³/mol. The fourth-order valence-corrected chi connectivity index (χ4v) is 9.92. The number of rotatable bonds is 9. The van der Waals surface area contributed by atoms with Gasteiger partial charge in [-0.05, 0) is 87.5 Å². The van der Waals surface area contributed by atoms with Crippen molar-refractivity contribution in [3.05, 3.63) is 160 Å². The molecule has 0 fully saturated rings. The van der Waals surface area contributed by atoms with Crippen LogP contribution in [-0.2, 0) is 45.6 Å². The minimum Gasteiger partial charge on any atom is -0.508 e. The van der Waals surface area contributed by atoms with E-state index in [-0.39, 0.29) is 44.1 Å². The predicted octanol–water partition coefficient (Wildman–Crippen LogP) is 6.14. The maximum atomic E-state index is 13.9. The summed E-state index contributed by atoms with van der Waals surface area (Å²) >= 11 is 0. The summed E-state index contributed by atoms with van der Waals surface area (Å²) in [4.78, 5) is -1.73. The standard InChI is InChI=1S/C38H32O12S4/c1-24-34(25-15-21-32(22-16-25)52(42,43)44)37(54(48,49)50)35(26-13-19-31(20-14-26)51(2,40)41)36(27-11-17-30(39)18-12-27)38(24,28-7-4-3-5-8-28)29-9-6-10-33(23-29)53(45,46)47/h3-24,39H,1-2H3,(H,42,43,44)(H,45,46,47)(H,48,49,50). The molecule has 5 aromatic rings. The van der Waals surface area contributed by atoms with Gasteiger partial charge in [0.1, 0.15) is 10.7 Å². The van der Waals surface area contributed by atoms with Gasteiger partial charge in [0.15, 0.2) is 9.84 Å². The molecule has 0 spiro atoms. The minimum absolute atomic E-state index is 0.0646. The Kier molecular flexibility index (Phi) is 9.86. The zero-order chi connectivity index (χ0) is 39.4. The monoisotopic (exact) mass is 808 g/mol. The molecule has 1 aliphatic rings. The molecule has 0 aliphatic heterocycles. The Bertz CT molecular complexity index is 2790. The third kappa shape index (κ3) is 7.04. The molecular weight excluding hydrogens is 777 g/mol. The normalized spacial score (nSPS) is 18.5. The molecule has 2 atom stereocenters. The van der Waals surface area contributed by atoms with Crippen LogP contribution < -0.4 is 0 Å². The molecule has 0 radical (unpaired) electrons. The smallest absolute Gasteiger partial charge is 0.295 e. The van der Waals surface area contributed by atoms with Crippen LogP contribution >= 0.6 is 0 Å². The zero-order valence-electron chi connectivity index (χ0n) is 28.4. The lowest BCUT2D eigenvalue weighted by Gasteiger charge is -2.48. The van der Waals surface area contributed by atoms with Gasteiger partial charge in [-0.15, -0.1) is 0 Å².